The van der Waals surface area contributed by atoms with E-state index in [-0.39, 0.29) is 0 Å². The summed E-state index contributed by atoms with van der Waals surface area (Å²) in [7, 11) is 0. The van der Waals surface area contributed by atoms with Crippen LogP contribution in [0.4, 0.5) is 0 Å². The topological polar surface area (TPSA) is 38.9 Å². The summed E-state index contributed by atoms with van der Waals surface area (Å²) in [5.74, 6) is 1.10. The molecule has 0 unspecified atom stereocenters. The van der Waals surface area contributed by atoms with Crippen LogP contribution in [0.2, 0.25) is 0 Å². The summed E-state index contributed by atoms with van der Waals surface area (Å²) in [4.78, 5) is 0. The summed E-state index contributed by atoms with van der Waals surface area (Å²) in [6.45, 7) is 7.70. The minimum atomic E-state index is 0.506. The van der Waals surface area contributed by atoms with Gasteiger partial charge in [-0.2, -0.15) is 0 Å². The molecule has 0 aliphatic rings. The van der Waals surface area contributed by atoms with Crippen LogP contribution in [0.5, 0.6) is 0 Å². The van der Waals surface area contributed by atoms with Crippen LogP contribution < -0.4 is 0 Å². The van der Waals surface area contributed by atoms with E-state index in [4.69, 9.17) is 16.0 Å². The molecule has 0 saturated heterocycles. The maximum absolute atomic E-state index is 5.69. The monoisotopic (exact) mass is 280 g/mol. The largest absolute Gasteiger partial charge is 0.411 e. The van der Waals surface area contributed by atoms with Gasteiger partial charge in [0.1, 0.15) is 0 Å². The minimum absolute atomic E-state index is 0.506. The molecule has 1 aromatic carbocycles. The Hall–Kier alpha value is -1.26. The van der Waals surface area contributed by atoms with Crippen LogP contribution in [0.3, 0.4) is 0 Å². The number of benzene rings is 1. The lowest BCUT2D eigenvalue weighted by Gasteiger charge is -2.00. The van der Waals surface area contributed by atoms with E-state index in [1.807, 2.05) is 26.0 Å². The van der Waals surface area contributed by atoms with Crippen molar-refractivity contribution in [2.24, 2.45) is 0 Å². The Morgan fingerprint density at radius 2 is 1.94 bits per heavy atom. The maximum Gasteiger partial charge on any atom is 0.277 e. The molecular formula is C13H13ClN2OS. The van der Waals surface area contributed by atoms with Gasteiger partial charge in [-0.3, -0.25) is 0 Å². The molecule has 0 aliphatic carbocycles. The van der Waals surface area contributed by atoms with E-state index in [2.05, 4.69) is 22.8 Å². The van der Waals surface area contributed by atoms with Gasteiger partial charge in [-0.25, -0.2) is 0 Å². The van der Waals surface area contributed by atoms with Crippen LogP contribution in [0, 0.1) is 13.8 Å². The second kappa shape index (κ2) is 5.59. The molecule has 0 amide bonds. The van der Waals surface area contributed by atoms with Gasteiger partial charge < -0.3 is 4.42 Å². The Morgan fingerprint density at radius 1 is 1.28 bits per heavy atom. The quantitative estimate of drug-likeness (QED) is 0.787. The fraction of sp³-hybridized carbons (Fsp3) is 0.231. The molecule has 0 saturated carbocycles. The van der Waals surface area contributed by atoms with Crippen molar-refractivity contribution in [3.05, 3.63) is 40.9 Å². The zero-order valence-corrected chi connectivity index (χ0v) is 11.8. The highest BCUT2D eigenvalue weighted by atomic mass is 35.5. The van der Waals surface area contributed by atoms with Crippen molar-refractivity contribution in [3.8, 4) is 11.5 Å². The molecule has 0 spiro atoms. The predicted molar refractivity (Wildman–Crippen MR) is 74.9 cm³/mol. The van der Waals surface area contributed by atoms with Crippen LogP contribution in [0.25, 0.3) is 11.5 Å². The zero-order chi connectivity index (χ0) is 13.1. The van der Waals surface area contributed by atoms with Crippen molar-refractivity contribution in [3.63, 3.8) is 0 Å². The molecule has 1 heterocycles. The van der Waals surface area contributed by atoms with Crippen molar-refractivity contribution in [2.45, 2.75) is 19.1 Å². The first-order valence-electron chi connectivity index (χ1n) is 5.43. The number of aromatic nitrogens is 2. The molecule has 0 aliphatic heterocycles. The van der Waals surface area contributed by atoms with Crippen LogP contribution in [-0.2, 0) is 0 Å². The van der Waals surface area contributed by atoms with E-state index >= 15 is 0 Å². The van der Waals surface area contributed by atoms with Crippen molar-refractivity contribution in [2.75, 3.05) is 5.75 Å². The SMILES string of the molecule is C=C(Cl)CSc1nnc(-c2cc(C)cc(C)c2)o1. The van der Waals surface area contributed by atoms with Gasteiger partial charge in [0.05, 0.1) is 0 Å². The predicted octanol–water partition coefficient (Wildman–Crippen LogP) is 4.20. The Balaban J connectivity index is 2.21. The molecular weight excluding hydrogens is 268 g/mol. The fourth-order valence-corrected chi connectivity index (χ4v) is 2.30. The number of hydrogen-bond donors (Lipinski definition) is 0. The van der Waals surface area contributed by atoms with Crippen LogP contribution in [0.1, 0.15) is 11.1 Å². The van der Waals surface area contributed by atoms with Gasteiger partial charge in [-0.15, -0.1) is 10.2 Å². The lowest BCUT2D eigenvalue weighted by atomic mass is 10.1. The molecule has 18 heavy (non-hydrogen) atoms. The number of rotatable bonds is 4. The maximum atomic E-state index is 5.69. The molecule has 0 radical (unpaired) electrons. The normalized spacial score (nSPS) is 10.6. The lowest BCUT2D eigenvalue weighted by molar-refractivity contribution is 0.466. The van der Waals surface area contributed by atoms with Gasteiger partial charge in [-0.1, -0.05) is 47.1 Å². The highest BCUT2D eigenvalue weighted by molar-refractivity contribution is 7.99. The van der Waals surface area contributed by atoms with Gasteiger partial charge in [-0.05, 0) is 26.0 Å². The minimum Gasteiger partial charge on any atom is -0.411 e. The summed E-state index contributed by atoms with van der Waals surface area (Å²) in [6.07, 6.45) is 0. The first-order valence-corrected chi connectivity index (χ1v) is 6.79. The molecule has 0 fully saturated rings. The van der Waals surface area contributed by atoms with Crippen LogP contribution >= 0.6 is 23.4 Å². The van der Waals surface area contributed by atoms with Crippen LogP contribution in [-0.4, -0.2) is 16.0 Å². The average molecular weight is 281 g/mol. The third-order valence-corrected chi connectivity index (χ3v) is 3.42. The van der Waals surface area contributed by atoms with E-state index in [0.29, 0.717) is 21.9 Å². The van der Waals surface area contributed by atoms with E-state index in [1.165, 1.54) is 22.9 Å². The molecule has 0 N–H and O–H groups in total. The third-order valence-electron chi connectivity index (χ3n) is 2.23. The average Bonchev–Trinajstić information content (AvgIpc) is 2.73. The molecule has 94 valence electrons. The molecule has 3 nitrogen and oxygen atoms in total. The first kappa shape index (κ1) is 13.2. The Labute approximate surface area is 115 Å². The number of nitrogens with zero attached hydrogens (tertiary/aromatic N) is 2. The Bertz CT molecular complexity index is 560. The third kappa shape index (κ3) is 3.37. The summed E-state index contributed by atoms with van der Waals surface area (Å²) in [6, 6.07) is 6.15. The second-order valence-electron chi connectivity index (χ2n) is 4.06. The number of halogens is 1. The van der Waals surface area contributed by atoms with E-state index < -0.39 is 0 Å². The summed E-state index contributed by atoms with van der Waals surface area (Å²) in [5.41, 5.74) is 3.29. The first-order chi connectivity index (χ1) is 8.54. The van der Waals surface area contributed by atoms with Crippen molar-refractivity contribution < 1.29 is 4.42 Å². The van der Waals surface area contributed by atoms with Gasteiger partial charge >= 0.3 is 0 Å². The van der Waals surface area contributed by atoms with E-state index in [0.717, 1.165) is 5.56 Å². The van der Waals surface area contributed by atoms with Crippen molar-refractivity contribution in [1.29, 1.82) is 0 Å². The van der Waals surface area contributed by atoms with Crippen LogP contribution in [0.15, 0.2) is 39.5 Å². The molecule has 5 heteroatoms. The highest BCUT2D eigenvalue weighted by Gasteiger charge is 2.09. The summed E-state index contributed by atoms with van der Waals surface area (Å²) in [5, 5.41) is 9.07. The second-order valence-corrected chi connectivity index (χ2v) is 5.52. The molecule has 0 bridgehead atoms. The Morgan fingerprint density at radius 3 is 2.56 bits per heavy atom. The van der Waals surface area contributed by atoms with Gasteiger partial charge in [0.2, 0.25) is 5.89 Å². The zero-order valence-electron chi connectivity index (χ0n) is 10.2. The van der Waals surface area contributed by atoms with Crippen molar-refractivity contribution in [1.82, 2.24) is 10.2 Å². The fourth-order valence-electron chi connectivity index (χ4n) is 1.62. The molecule has 2 rings (SSSR count). The lowest BCUT2D eigenvalue weighted by Crippen LogP contribution is -1.82. The Kier molecular flexibility index (Phi) is 4.09. The highest BCUT2D eigenvalue weighted by Crippen LogP contribution is 2.26. The number of hydrogen-bond acceptors (Lipinski definition) is 4. The van der Waals surface area contributed by atoms with E-state index in [9.17, 15) is 0 Å². The van der Waals surface area contributed by atoms with Gasteiger partial charge in [0.15, 0.2) is 0 Å². The van der Waals surface area contributed by atoms with Gasteiger partial charge in [0.25, 0.3) is 5.22 Å². The van der Waals surface area contributed by atoms with Crippen molar-refractivity contribution >= 4 is 23.4 Å². The molecule has 2 aromatic rings. The smallest absolute Gasteiger partial charge is 0.277 e. The standard InChI is InChI=1S/C13H13ClN2OS/c1-8-4-9(2)6-11(5-8)12-15-16-13(17-12)18-7-10(3)14/h4-6H,3,7H2,1-2H3. The van der Waals surface area contributed by atoms with E-state index in [1.54, 1.807) is 0 Å². The number of aryl methyl sites for hydroxylation is 2. The molecule has 0 atom stereocenters. The summed E-state index contributed by atoms with van der Waals surface area (Å²) >= 11 is 7.07. The van der Waals surface area contributed by atoms with Gasteiger partial charge in [0, 0.05) is 16.3 Å². The number of thioether (sulfide) groups is 1. The molecule has 1 aromatic heterocycles. The summed E-state index contributed by atoms with van der Waals surface area (Å²) < 4.78 is 5.57.